The smallest absolute Gasteiger partial charge is 0.350 e. The van der Waals surface area contributed by atoms with Gasteiger partial charge in [0.1, 0.15) is 6.33 Å². The Morgan fingerprint density at radius 1 is 1.09 bits per heavy atom. The van der Waals surface area contributed by atoms with Crippen LogP contribution in [0.25, 0.3) is 11.8 Å². The molecule has 0 radical (unpaired) electrons. The molecule has 7 nitrogen and oxygen atoms in total. The fourth-order valence-corrected chi connectivity index (χ4v) is 4.19. The zero-order valence-electron chi connectivity index (χ0n) is 18.5. The van der Waals surface area contributed by atoms with Crippen molar-refractivity contribution in [3.05, 3.63) is 88.1 Å². The Morgan fingerprint density at radius 3 is 2.44 bits per heavy atom. The number of aromatic nitrogens is 3. The normalized spacial score (nSPS) is 15.6. The van der Waals surface area contributed by atoms with E-state index in [2.05, 4.69) is 47.3 Å². The number of esters is 1. The maximum Gasteiger partial charge on any atom is 0.350 e. The molecule has 3 aromatic rings. The molecule has 0 spiro atoms. The highest BCUT2D eigenvalue weighted by molar-refractivity contribution is 5.89. The van der Waals surface area contributed by atoms with Crippen LogP contribution in [0, 0.1) is 0 Å². The molecule has 0 N–H and O–H groups in total. The van der Waals surface area contributed by atoms with Gasteiger partial charge in [0, 0.05) is 25.7 Å². The monoisotopic (exact) mass is 432 g/mol. The van der Waals surface area contributed by atoms with Crippen LogP contribution in [-0.2, 0) is 4.74 Å². The summed E-state index contributed by atoms with van der Waals surface area (Å²) in [5.41, 5.74) is 3.45. The van der Waals surface area contributed by atoms with Crippen molar-refractivity contribution in [2.24, 2.45) is 0 Å². The lowest BCUT2D eigenvalue weighted by Crippen LogP contribution is -2.38. The van der Waals surface area contributed by atoms with Crippen molar-refractivity contribution >= 4 is 12.0 Å². The molecule has 0 saturated carbocycles. The van der Waals surface area contributed by atoms with Gasteiger partial charge in [0.25, 0.3) is 0 Å². The van der Waals surface area contributed by atoms with E-state index in [4.69, 9.17) is 4.74 Å². The van der Waals surface area contributed by atoms with Crippen LogP contribution in [0.3, 0.4) is 0 Å². The number of hydrogen-bond acceptors (Lipinski definition) is 5. The summed E-state index contributed by atoms with van der Waals surface area (Å²) < 4.78 is 7.83. The first-order chi connectivity index (χ1) is 15.5. The molecule has 1 saturated heterocycles. The molecule has 0 bridgehead atoms. The van der Waals surface area contributed by atoms with Crippen LogP contribution in [0.1, 0.15) is 41.7 Å². The summed E-state index contributed by atoms with van der Waals surface area (Å²) in [5, 5.41) is 4.30. The third kappa shape index (κ3) is 4.89. The van der Waals surface area contributed by atoms with E-state index in [1.165, 1.54) is 22.9 Å². The number of carbonyl (C=O) groups excluding carboxylic acids is 1. The largest absolute Gasteiger partial charge is 0.465 e. The number of nitrogens with zero attached hydrogens (tertiary/aromatic N) is 4. The topological polar surface area (TPSA) is 69.4 Å². The Kier molecular flexibility index (Phi) is 6.66. The molecular formula is C25H28N4O3. The highest BCUT2D eigenvalue weighted by Crippen LogP contribution is 2.22. The molecule has 0 atom stereocenters. The van der Waals surface area contributed by atoms with E-state index in [0.717, 1.165) is 32.5 Å². The SMILES string of the molecule is COC(=O)c1ccc(-n2ncn(C3CCN(C/C(C)=C/c4ccccc4)CC3)c2=O)cc1. The third-order valence-corrected chi connectivity index (χ3v) is 5.86. The highest BCUT2D eigenvalue weighted by atomic mass is 16.5. The number of carbonyl (C=O) groups is 1. The second-order valence-corrected chi connectivity index (χ2v) is 8.18. The minimum absolute atomic E-state index is 0.139. The average Bonchev–Trinajstić information content (AvgIpc) is 3.21. The molecule has 1 aliphatic rings. The van der Waals surface area contributed by atoms with Gasteiger partial charge < -0.3 is 4.74 Å². The molecule has 1 aromatic heterocycles. The van der Waals surface area contributed by atoms with Gasteiger partial charge in [-0.1, -0.05) is 42.0 Å². The number of ether oxygens (including phenoxy) is 1. The van der Waals surface area contributed by atoms with Crippen LogP contribution in [0.15, 0.2) is 71.3 Å². The van der Waals surface area contributed by atoms with E-state index < -0.39 is 5.97 Å². The van der Waals surface area contributed by atoms with Crippen molar-refractivity contribution in [3.8, 4) is 5.69 Å². The number of likely N-dealkylation sites (tertiary alicyclic amines) is 1. The van der Waals surface area contributed by atoms with E-state index in [1.807, 2.05) is 6.07 Å². The van der Waals surface area contributed by atoms with E-state index in [1.54, 1.807) is 35.2 Å². The third-order valence-electron chi connectivity index (χ3n) is 5.86. The number of rotatable bonds is 6. The first-order valence-corrected chi connectivity index (χ1v) is 10.8. The molecule has 0 unspecified atom stereocenters. The van der Waals surface area contributed by atoms with Crippen molar-refractivity contribution in [2.45, 2.75) is 25.8 Å². The maximum absolute atomic E-state index is 13.0. The summed E-state index contributed by atoms with van der Waals surface area (Å²) in [4.78, 5) is 27.0. The molecule has 7 heteroatoms. The minimum atomic E-state index is -0.407. The minimum Gasteiger partial charge on any atom is -0.465 e. The molecule has 1 aliphatic heterocycles. The van der Waals surface area contributed by atoms with Crippen LogP contribution >= 0.6 is 0 Å². The average molecular weight is 433 g/mol. The zero-order valence-corrected chi connectivity index (χ0v) is 18.5. The van der Waals surface area contributed by atoms with Crippen LogP contribution in [0.4, 0.5) is 0 Å². The molecule has 2 aromatic carbocycles. The standard InChI is InChI=1S/C25H28N4O3/c1-19(16-20-6-4-3-5-7-20)17-27-14-12-22(13-15-27)28-18-26-29(25(28)31)23-10-8-21(9-11-23)24(30)32-2/h3-11,16,18,22H,12-15,17H2,1-2H3/b19-16+. The second-order valence-electron chi connectivity index (χ2n) is 8.18. The van der Waals surface area contributed by atoms with Gasteiger partial charge in [-0.15, -0.1) is 0 Å². The quantitative estimate of drug-likeness (QED) is 0.557. The van der Waals surface area contributed by atoms with Crippen molar-refractivity contribution in [3.63, 3.8) is 0 Å². The van der Waals surface area contributed by atoms with Gasteiger partial charge in [0.2, 0.25) is 0 Å². The molecule has 2 heterocycles. The van der Waals surface area contributed by atoms with Crippen molar-refractivity contribution in [1.82, 2.24) is 19.2 Å². The molecule has 32 heavy (non-hydrogen) atoms. The summed E-state index contributed by atoms with van der Waals surface area (Å²) in [7, 11) is 1.34. The Balaban J connectivity index is 1.38. The summed E-state index contributed by atoms with van der Waals surface area (Å²) in [6.07, 6.45) is 5.67. The lowest BCUT2D eigenvalue weighted by atomic mass is 10.0. The fraction of sp³-hybridized carbons (Fsp3) is 0.320. The van der Waals surface area contributed by atoms with Crippen molar-refractivity contribution in [1.29, 1.82) is 0 Å². The molecule has 166 valence electrons. The van der Waals surface area contributed by atoms with Gasteiger partial charge in [-0.05, 0) is 49.6 Å². The van der Waals surface area contributed by atoms with Crippen LogP contribution in [0.2, 0.25) is 0 Å². The Bertz CT molecular complexity index is 1140. The molecule has 0 aliphatic carbocycles. The number of methoxy groups -OCH3 is 1. The second kappa shape index (κ2) is 9.78. The van der Waals surface area contributed by atoms with Crippen molar-refractivity contribution in [2.75, 3.05) is 26.7 Å². The first kappa shape index (κ1) is 21.8. The number of benzene rings is 2. The summed E-state index contributed by atoms with van der Waals surface area (Å²) in [6.45, 7) is 4.98. The molecule has 1 fully saturated rings. The van der Waals surface area contributed by atoms with Gasteiger partial charge in [0.15, 0.2) is 0 Å². The lowest BCUT2D eigenvalue weighted by Gasteiger charge is -2.32. The van der Waals surface area contributed by atoms with E-state index in [9.17, 15) is 9.59 Å². The van der Waals surface area contributed by atoms with Crippen LogP contribution < -0.4 is 5.69 Å². The van der Waals surface area contributed by atoms with E-state index in [0.29, 0.717) is 11.3 Å². The van der Waals surface area contributed by atoms with Gasteiger partial charge in [0.05, 0.1) is 18.4 Å². The molecule has 4 rings (SSSR count). The highest BCUT2D eigenvalue weighted by Gasteiger charge is 2.23. The molecule has 0 amide bonds. The van der Waals surface area contributed by atoms with Gasteiger partial charge in [-0.2, -0.15) is 9.78 Å². The predicted molar refractivity (Wildman–Crippen MR) is 124 cm³/mol. The first-order valence-electron chi connectivity index (χ1n) is 10.8. The van der Waals surface area contributed by atoms with Crippen LogP contribution in [-0.4, -0.2) is 52.0 Å². The summed E-state index contributed by atoms with van der Waals surface area (Å²) in [6, 6.07) is 17.2. The van der Waals surface area contributed by atoms with E-state index >= 15 is 0 Å². The van der Waals surface area contributed by atoms with Gasteiger partial charge >= 0.3 is 11.7 Å². The Morgan fingerprint density at radius 2 is 1.78 bits per heavy atom. The predicted octanol–water partition coefficient (Wildman–Crippen LogP) is 3.56. The van der Waals surface area contributed by atoms with Gasteiger partial charge in [-0.25, -0.2) is 9.59 Å². The van der Waals surface area contributed by atoms with E-state index in [-0.39, 0.29) is 11.7 Å². The molecular weight excluding hydrogens is 404 g/mol. The lowest BCUT2D eigenvalue weighted by molar-refractivity contribution is 0.0600. The maximum atomic E-state index is 13.0. The summed E-state index contributed by atoms with van der Waals surface area (Å²) in [5.74, 6) is -0.407. The Hall–Kier alpha value is -3.45. The summed E-state index contributed by atoms with van der Waals surface area (Å²) >= 11 is 0. The van der Waals surface area contributed by atoms with Crippen LogP contribution in [0.5, 0.6) is 0 Å². The Labute approximate surface area is 187 Å². The van der Waals surface area contributed by atoms with Crippen molar-refractivity contribution < 1.29 is 9.53 Å². The number of hydrogen-bond donors (Lipinski definition) is 0. The van der Waals surface area contributed by atoms with Gasteiger partial charge in [-0.3, -0.25) is 9.47 Å². The fourth-order valence-electron chi connectivity index (χ4n) is 4.19. The number of piperidine rings is 1. The zero-order chi connectivity index (χ0) is 22.5.